The fourth-order valence-corrected chi connectivity index (χ4v) is 5.18. The van der Waals surface area contributed by atoms with Gasteiger partial charge in [0.15, 0.2) is 0 Å². The fourth-order valence-electron chi connectivity index (χ4n) is 4.25. The van der Waals surface area contributed by atoms with E-state index in [9.17, 15) is 4.79 Å². The molecule has 0 aromatic heterocycles. The summed E-state index contributed by atoms with van der Waals surface area (Å²) in [7, 11) is 0. The van der Waals surface area contributed by atoms with Gasteiger partial charge in [0, 0.05) is 54.9 Å². The standard InChI is InChI=1S/C24H32N6OS/c1-3-17(25)12-28-24-15(2)21(26)22(32-24)23(31)27-11-10-16-4-8-20(9-5-16)30-13-18-6-7-19(14-30)29-18/h4-5,8-9,12,18-19,29H,2-3,6-7,10-11,13-14,25-26H2,1H3,(H,27,31)/b17-12-,28-24+. The second-order valence-electron chi connectivity index (χ2n) is 8.53. The van der Waals surface area contributed by atoms with Crippen molar-refractivity contribution in [2.45, 2.75) is 44.7 Å². The van der Waals surface area contributed by atoms with Gasteiger partial charge in [-0.2, -0.15) is 0 Å². The first-order valence-corrected chi connectivity index (χ1v) is 12.0. The molecule has 1 aromatic carbocycles. The number of piperazine rings is 1. The Labute approximate surface area is 194 Å². The average Bonchev–Trinajstić information content (AvgIpc) is 3.29. The van der Waals surface area contributed by atoms with Crippen LogP contribution < -0.4 is 27.0 Å². The summed E-state index contributed by atoms with van der Waals surface area (Å²) in [5, 5.41) is 7.25. The molecule has 0 spiro atoms. The van der Waals surface area contributed by atoms with Crippen molar-refractivity contribution in [3.8, 4) is 0 Å². The highest BCUT2D eigenvalue weighted by atomic mass is 32.2. The van der Waals surface area contributed by atoms with Gasteiger partial charge >= 0.3 is 0 Å². The number of nitrogens with one attached hydrogen (secondary N) is 2. The number of hydrogen-bond acceptors (Lipinski definition) is 7. The van der Waals surface area contributed by atoms with Crippen LogP contribution in [0.5, 0.6) is 0 Å². The number of nitrogens with zero attached hydrogens (tertiary/aromatic N) is 2. The highest BCUT2D eigenvalue weighted by Gasteiger charge is 2.32. The van der Waals surface area contributed by atoms with E-state index in [0.29, 0.717) is 52.0 Å². The Hall–Kier alpha value is -2.71. The third-order valence-electron chi connectivity index (χ3n) is 6.21. The van der Waals surface area contributed by atoms with Gasteiger partial charge in [0.05, 0.1) is 5.70 Å². The Bertz CT molecular complexity index is 969. The molecule has 3 aliphatic heterocycles. The van der Waals surface area contributed by atoms with Crippen molar-refractivity contribution in [1.82, 2.24) is 10.6 Å². The first-order valence-electron chi connectivity index (χ1n) is 11.2. The van der Waals surface area contributed by atoms with E-state index in [-0.39, 0.29) is 5.91 Å². The van der Waals surface area contributed by atoms with Crippen molar-refractivity contribution in [3.05, 3.63) is 64.5 Å². The third kappa shape index (κ3) is 5.02. The summed E-state index contributed by atoms with van der Waals surface area (Å²) in [5.41, 5.74) is 16.0. The number of thioether (sulfide) groups is 1. The van der Waals surface area contributed by atoms with E-state index in [2.05, 4.69) is 51.4 Å². The van der Waals surface area contributed by atoms with E-state index in [1.165, 1.54) is 35.9 Å². The number of rotatable bonds is 7. The molecule has 2 unspecified atom stereocenters. The number of carbonyl (C=O) groups excluding carboxylic acids is 1. The van der Waals surface area contributed by atoms with Gasteiger partial charge in [-0.05, 0) is 43.4 Å². The molecule has 2 bridgehead atoms. The van der Waals surface area contributed by atoms with Crippen molar-refractivity contribution in [2.75, 3.05) is 24.5 Å². The van der Waals surface area contributed by atoms with Crippen LogP contribution in [-0.2, 0) is 11.2 Å². The molecule has 32 heavy (non-hydrogen) atoms. The molecule has 0 aliphatic carbocycles. The van der Waals surface area contributed by atoms with Crippen LogP contribution in [0.2, 0.25) is 0 Å². The van der Waals surface area contributed by atoms with E-state index in [0.717, 1.165) is 19.5 Å². The van der Waals surface area contributed by atoms with Crippen molar-refractivity contribution in [2.24, 2.45) is 16.5 Å². The minimum absolute atomic E-state index is 0.195. The van der Waals surface area contributed by atoms with Gasteiger partial charge in [-0.3, -0.25) is 4.79 Å². The van der Waals surface area contributed by atoms with Gasteiger partial charge in [0.1, 0.15) is 9.95 Å². The summed E-state index contributed by atoms with van der Waals surface area (Å²) in [6, 6.07) is 9.94. The molecular formula is C24H32N6OS. The molecule has 170 valence electrons. The van der Waals surface area contributed by atoms with Gasteiger partial charge in [-0.15, -0.1) is 0 Å². The van der Waals surface area contributed by atoms with Crippen LogP contribution in [0, 0.1) is 0 Å². The Morgan fingerprint density at radius 1 is 1.31 bits per heavy atom. The van der Waals surface area contributed by atoms with Crippen molar-refractivity contribution >= 4 is 28.4 Å². The van der Waals surface area contributed by atoms with E-state index in [1.54, 1.807) is 6.20 Å². The lowest BCUT2D eigenvalue weighted by atomic mass is 10.1. The van der Waals surface area contributed by atoms with Gasteiger partial charge in [0.25, 0.3) is 5.91 Å². The maximum absolute atomic E-state index is 12.6. The van der Waals surface area contributed by atoms with E-state index >= 15 is 0 Å². The van der Waals surface area contributed by atoms with Crippen molar-refractivity contribution in [1.29, 1.82) is 0 Å². The van der Waals surface area contributed by atoms with Crippen LogP contribution in [0.1, 0.15) is 31.7 Å². The van der Waals surface area contributed by atoms with Crippen LogP contribution in [0.25, 0.3) is 0 Å². The summed E-state index contributed by atoms with van der Waals surface area (Å²) >= 11 is 1.24. The monoisotopic (exact) mass is 452 g/mol. The highest BCUT2D eigenvalue weighted by molar-refractivity contribution is 8.19. The SMILES string of the molecule is C=C1C(N)=C(C(=O)NCCc2ccc(N3CC4CCC(C3)N4)cc2)S/C1=N/C=C(\N)CC. The van der Waals surface area contributed by atoms with E-state index in [4.69, 9.17) is 11.5 Å². The zero-order valence-corrected chi connectivity index (χ0v) is 19.4. The lowest BCUT2D eigenvalue weighted by molar-refractivity contribution is -0.116. The predicted molar refractivity (Wildman–Crippen MR) is 133 cm³/mol. The maximum atomic E-state index is 12.6. The molecule has 2 saturated heterocycles. The molecule has 4 rings (SSSR count). The van der Waals surface area contributed by atoms with E-state index in [1.807, 2.05) is 6.92 Å². The quantitative estimate of drug-likeness (QED) is 0.506. The van der Waals surface area contributed by atoms with Crippen LogP contribution in [-0.4, -0.2) is 42.7 Å². The first kappa shape index (κ1) is 22.5. The lowest BCUT2D eigenvalue weighted by Gasteiger charge is -2.34. The van der Waals surface area contributed by atoms with Crippen molar-refractivity contribution in [3.63, 3.8) is 0 Å². The van der Waals surface area contributed by atoms with Gasteiger partial charge in [-0.1, -0.05) is 37.4 Å². The number of nitrogens with two attached hydrogens (primary N) is 2. The molecule has 1 aromatic rings. The number of aliphatic imine (C=N–C) groups is 1. The summed E-state index contributed by atoms with van der Waals surface area (Å²) in [4.78, 5) is 19.9. The van der Waals surface area contributed by atoms with Gasteiger partial charge < -0.3 is 27.0 Å². The molecule has 6 N–H and O–H groups in total. The molecule has 3 heterocycles. The normalized spacial score (nSPS) is 24.5. The average molecular weight is 453 g/mol. The highest BCUT2D eigenvalue weighted by Crippen LogP contribution is 2.35. The summed E-state index contributed by atoms with van der Waals surface area (Å²) < 4.78 is 0. The molecule has 2 atom stereocenters. The molecule has 3 aliphatic rings. The third-order valence-corrected chi connectivity index (χ3v) is 7.36. The molecule has 0 saturated carbocycles. The summed E-state index contributed by atoms with van der Waals surface area (Å²) in [6.07, 6.45) is 5.62. The molecule has 1 amide bonds. The van der Waals surface area contributed by atoms with E-state index < -0.39 is 0 Å². The Kier molecular flexibility index (Phi) is 6.91. The Morgan fingerprint density at radius 2 is 2.00 bits per heavy atom. The summed E-state index contributed by atoms with van der Waals surface area (Å²) in [6.45, 7) is 8.60. The van der Waals surface area contributed by atoms with Crippen LogP contribution in [0.15, 0.2) is 63.9 Å². The number of carbonyl (C=O) groups is 1. The largest absolute Gasteiger partial charge is 0.401 e. The number of hydrogen-bond donors (Lipinski definition) is 4. The second-order valence-corrected chi connectivity index (χ2v) is 9.53. The Morgan fingerprint density at radius 3 is 2.66 bits per heavy atom. The number of anilines is 1. The van der Waals surface area contributed by atoms with Crippen LogP contribution >= 0.6 is 11.8 Å². The molecule has 0 radical (unpaired) electrons. The zero-order valence-electron chi connectivity index (χ0n) is 18.6. The minimum Gasteiger partial charge on any atom is -0.401 e. The predicted octanol–water partition coefficient (Wildman–Crippen LogP) is 2.37. The lowest BCUT2D eigenvalue weighted by Crippen LogP contribution is -2.51. The molecular weight excluding hydrogens is 420 g/mol. The van der Waals surface area contributed by atoms with Crippen molar-refractivity contribution < 1.29 is 4.79 Å². The van der Waals surface area contributed by atoms with Gasteiger partial charge in [0.2, 0.25) is 0 Å². The summed E-state index contributed by atoms with van der Waals surface area (Å²) in [5.74, 6) is -0.195. The van der Waals surface area contributed by atoms with Gasteiger partial charge in [-0.25, -0.2) is 4.99 Å². The molecule has 7 nitrogen and oxygen atoms in total. The smallest absolute Gasteiger partial charge is 0.260 e. The zero-order chi connectivity index (χ0) is 22.7. The minimum atomic E-state index is -0.195. The number of benzene rings is 1. The molecule has 8 heteroatoms. The number of fused-ring (bicyclic) bond motifs is 2. The second kappa shape index (κ2) is 9.83. The topological polar surface area (TPSA) is 109 Å². The van der Waals surface area contributed by atoms with Crippen LogP contribution in [0.4, 0.5) is 5.69 Å². The first-order chi connectivity index (χ1) is 15.4. The Balaban J connectivity index is 1.28. The van der Waals surface area contributed by atoms with Crippen LogP contribution in [0.3, 0.4) is 0 Å². The number of amides is 1. The molecule has 2 fully saturated rings. The fraction of sp³-hybridized carbons (Fsp3) is 0.417. The maximum Gasteiger partial charge on any atom is 0.260 e. The number of allylic oxidation sites excluding steroid dienone is 2.